The summed E-state index contributed by atoms with van der Waals surface area (Å²) in [5, 5.41) is 13.2. The molecule has 1 saturated heterocycles. The molecule has 2 aromatic carbocycles. The Bertz CT molecular complexity index is 1060. The molecule has 1 aromatic heterocycles. The van der Waals surface area contributed by atoms with Gasteiger partial charge < -0.3 is 9.67 Å². The van der Waals surface area contributed by atoms with Crippen molar-refractivity contribution < 1.29 is 9.50 Å². The van der Waals surface area contributed by atoms with Gasteiger partial charge in [-0.1, -0.05) is 23.7 Å². The number of likely N-dealkylation sites (N-methyl/N-ethyl adjacent to an activating group) is 1. The molecule has 0 saturated carbocycles. The molecule has 1 fully saturated rings. The van der Waals surface area contributed by atoms with E-state index in [2.05, 4.69) is 28.6 Å². The highest BCUT2D eigenvalue weighted by Gasteiger charge is 2.41. The first-order valence-electron chi connectivity index (χ1n) is 9.85. The lowest BCUT2D eigenvalue weighted by Crippen LogP contribution is -2.41. The zero-order chi connectivity index (χ0) is 19.6. The summed E-state index contributed by atoms with van der Waals surface area (Å²) in [5.41, 5.74) is 3.45. The summed E-state index contributed by atoms with van der Waals surface area (Å²) in [5.74, 6) is 0.165. The third-order valence-corrected chi connectivity index (χ3v) is 6.82. The van der Waals surface area contributed by atoms with Gasteiger partial charge in [0.25, 0.3) is 0 Å². The molecule has 28 heavy (non-hydrogen) atoms. The molecule has 2 aliphatic heterocycles. The van der Waals surface area contributed by atoms with Gasteiger partial charge in [-0.2, -0.15) is 0 Å². The van der Waals surface area contributed by atoms with Crippen LogP contribution in [-0.2, 0) is 12.1 Å². The van der Waals surface area contributed by atoms with E-state index in [1.807, 2.05) is 13.0 Å². The lowest BCUT2D eigenvalue weighted by Gasteiger charge is -2.44. The molecule has 3 atom stereocenters. The summed E-state index contributed by atoms with van der Waals surface area (Å²) < 4.78 is 15.6. The number of hydrogen-bond acceptors (Lipinski definition) is 2. The van der Waals surface area contributed by atoms with Crippen LogP contribution in [0.5, 0.6) is 0 Å². The van der Waals surface area contributed by atoms with Crippen molar-refractivity contribution in [1.82, 2.24) is 9.47 Å². The van der Waals surface area contributed by atoms with Crippen LogP contribution in [0.4, 0.5) is 4.39 Å². The van der Waals surface area contributed by atoms with Crippen LogP contribution in [0.3, 0.4) is 0 Å². The molecule has 3 heterocycles. The monoisotopic (exact) mass is 398 g/mol. The van der Waals surface area contributed by atoms with Gasteiger partial charge in [-0.3, -0.25) is 4.90 Å². The fraction of sp³-hybridized carbons (Fsp3) is 0.391. The van der Waals surface area contributed by atoms with Crippen molar-refractivity contribution in [3.05, 3.63) is 70.1 Å². The minimum Gasteiger partial charge on any atom is -0.384 e. The van der Waals surface area contributed by atoms with Crippen LogP contribution < -0.4 is 0 Å². The van der Waals surface area contributed by atoms with Gasteiger partial charge >= 0.3 is 0 Å². The first kappa shape index (κ1) is 18.2. The summed E-state index contributed by atoms with van der Waals surface area (Å²) in [7, 11) is 2.20. The third kappa shape index (κ3) is 2.70. The number of aromatic nitrogens is 1. The van der Waals surface area contributed by atoms with Crippen LogP contribution in [0.25, 0.3) is 10.9 Å². The van der Waals surface area contributed by atoms with Crippen molar-refractivity contribution in [1.29, 1.82) is 0 Å². The van der Waals surface area contributed by atoms with Gasteiger partial charge in [0.15, 0.2) is 0 Å². The van der Waals surface area contributed by atoms with Gasteiger partial charge in [0.2, 0.25) is 0 Å². The van der Waals surface area contributed by atoms with Gasteiger partial charge in [-0.25, -0.2) is 4.39 Å². The Hall–Kier alpha value is -1.88. The molecular weight excluding hydrogens is 375 g/mol. The molecule has 146 valence electrons. The van der Waals surface area contributed by atoms with Crippen LogP contribution in [0.2, 0.25) is 5.02 Å². The van der Waals surface area contributed by atoms with Gasteiger partial charge in [0.1, 0.15) is 11.4 Å². The number of benzene rings is 2. The maximum atomic E-state index is 13.4. The van der Waals surface area contributed by atoms with E-state index in [4.69, 9.17) is 11.6 Å². The Balaban J connectivity index is 1.68. The van der Waals surface area contributed by atoms with E-state index < -0.39 is 5.60 Å². The summed E-state index contributed by atoms with van der Waals surface area (Å²) in [6.07, 6.45) is 2.33. The van der Waals surface area contributed by atoms with E-state index in [0.717, 1.165) is 29.1 Å². The highest BCUT2D eigenvalue weighted by atomic mass is 35.5. The van der Waals surface area contributed by atoms with E-state index >= 15 is 0 Å². The van der Waals surface area contributed by atoms with Gasteiger partial charge in [-0.05, 0) is 68.3 Å². The second-order valence-electron chi connectivity index (χ2n) is 8.56. The van der Waals surface area contributed by atoms with E-state index in [9.17, 15) is 9.50 Å². The highest BCUT2D eigenvalue weighted by molar-refractivity contribution is 6.31. The lowest BCUT2D eigenvalue weighted by molar-refractivity contribution is 0.0367. The number of piperidine rings is 1. The number of rotatable bonds is 3. The Morgan fingerprint density at radius 1 is 1.18 bits per heavy atom. The van der Waals surface area contributed by atoms with E-state index in [1.165, 1.54) is 35.2 Å². The maximum Gasteiger partial charge on any atom is 0.123 e. The summed E-state index contributed by atoms with van der Waals surface area (Å²) in [6.45, 7) is 3.28. The van der Waals surface area contributed by atoms with E-state index in [1.54, 1.807) is 12.1 Å². The second-order valence-corrected chi connectivity index (χ2v) is 8.99. The minimum atomic E-state index is -1.10. The lowest BCUT2D eigenvalue weighted by atomic mass is 9.78. The number of nitrogens with zero attached hydrogens (tertiary/aromatic N) is 2. The molecule has 5 heteroatoms. The Morgan fingerprint density at radius 3 is 2.64 bits per heavy atom. The standard InChI is InChI=1S/C23H24ClFN2O/c1-23(28,15-4-7-17(25)8-5-15)13-27-19-10-6-16(24)11-18(19)21-20-9-3-14(22(21)27)12-26(20)2/h4-8,10-11,14,20,28H,3,9,12-13H2,1-2H3. The number of fused-ring (bicyclic) bond motifs is 3. The van der Waals surface area contributed by atoms with Crippen LogP contribution in [0, 0.1) is 5.82 Å². The van der Waals surface area contributed by atoms with Crippen molar-refractivity contribution in [3.8, 4) is 0 Å². The number of aliphatic hydroxyl groups is 1. The number of halogens is 2. The molecule has 3 nitrogen and oxygen atoms in total. The predicted molar refractivity (Wildman–Crippen MR) is 110 cm³/mol. The molecule has 0 spiro atoms. The van der Waals surface area contributed by atoms with Crippen LogP contribution >= 0.6 is 11.6 Å². The molecule has 0 radical (unpaired) electrons. The van der Waals surface area contributed by atoms with Crippen LogP contribution in [0.1, 0.15) is 48.5 Å². The van der Waals surface area contributed by atoms with Gasteiger partial charge in [0, 0.05) is 40.1 Å². The van der Waals surface area contributed by atoms with Gasteiger partial charge in [0.05, 0.1) is 6.54 Å². The van der Waals surface area contributed by atoms with Gasteiger partial charge in [-0.15, -0.1) is 0 Å². The zero-order valence-corrected chi connectivity index (χ0v) is 16.9. The average molecular weight is 399 g/mol. The smallest absolute Gasteiger partial charge is 0.123 e. The van der Waals surface area contributed by atoms with Crippen molar-refractivity contribution >= 4 is 22.5 Å². The number of hydrogen-bond donors (Lipinski definition) is 1. The van der Waals surface area contributed by atoms with Crippen molar-refractivity contribution in [2.24, 2.45) is 0 Å². The fourth-order valence-corrected chi connectivity index (χ4v) is 5.45. The molecule has 1 aliphatic carbocycles. The SMILES string of the molecule is CN1CC2CCC1c1c2n(CC(C)(O)c2ccc(F)cc2)c2ccc(Cl)cc12. The minimum absolute atomic E-state index is 0.293. The fourth-order valence-electron chi connectivity index (χ4n) is 5.27. The largest absolute Gasteiger partial charge is 0.384 e. The topological polar surface area (TPSA) is 28.4 Å². The Labute approximate surface area is 169 Å². The predicted octanol–water partition coefficient (Wildman–Crippen LogP) is 5.21. The molecule has 3 unspecified atom stereocenters. The molecule has 3 aromatic rings. The van der Waals surface area contributed by atoms with Crippen LogP contribution in [-0.4, -0.2) is 28.2 Å². The molecular formula is C23H24ClFN2O. The maximum absolute atomic E-state index is 13.4. The summed E-state index contributed by atoms with van der Waals surface area (Å²) >= 11 is 6.34. The van der Waals surface area contributed by atoms with E-state index in [-0.39, 0.29) is 5.82 Å². The molecule has 6 rings (SSSR count). The molecule has 2 bridgehead atoms. The molecule has 1 N–H and O–H groups in total. The first-order valence-corrected chi connectivity index (χ1v) is 10.2. The first-order chi connectivity index (χ1) is 13.3. The second kappa shape index (κ2) is 6.31. The molecule has 0 amide bonds. The zero-order valence-electron chi connectivity index (χ0n) is 16.1. The average Bonchev–Trinajstić information content (AvgIpc) is 2.97. The van der Waals surface area contributed by atoms with Crippen molar-refractivity contribution in [2.75, 3.05) is 13.6 Å². The van der Waals surface area contributed by atoms with Crippen molar-refractivity contribution in [3.63, 3.8) is 0 Å². The van der Waals surface area contributed by atoms with Crippen LogP contribution in [0.15, 0.2) is 42.5 Å². The van der Waals surface area contributed by atoms with E-state index in [0.29, 0.717) is 18.5 Å². The normalized spacial score (nSPS) is 23.8. The summed E-state index contributed by atoms with van der Waals surface area (Å²) in [6, 6.07) is 12.6. The Morgan fingerprint density at radius 2 is 1.93 bits per heavy atom. The molecule has 3 aliphatic rings. The third-order valence-electron chi connectivity index (χ3n) is 6.59. The Kier molecular flexibility index (Phi) is 4.10. The highest BCUT2D eigenvalue weighted by Crippen LogP contribution is 2.50. The quantitative estimate of drug-likeness (QED) is 0.656. The summed E-state index contributed by atoms with van der Waals surface area (Å²) in [4.78, 5) is 2.44. The van der Waals surface area contributed by atoms with Crippen molar-refractivity contribution in [2.45, 2.75) is 43.9 Å².